The van der Waals surface area contributed by atoms with Gasteiger partial charge in [0.2, 0.25) is 0 Å². The highest BCUT2D eigenvalue weighted by atomic mass is 16.5. The minimum atomic E-state index is 0.692. The molecule has 2 saturated heterocycles. The fraction of sp³-hybridized carbons (Fsp3) is 0.500. The number of aryl methyl sites for hydroxylation is 1. The van der Waals surface area contributed by atoms with E-state index in [1.165, 1.54) is 42.7 Å². The van der Waals surface area contributed by atoms with Crippen LogP contribution >= 0.6 is 0 Å². The summed E-state index contributed by atoms with van der Waals surface area (Å²) < 4.78 is 5.56. The van der Waals surface area contributed by atoms with Gasteiger partial charge in [-0.05, 0) is 49.6 Å². The molecule has 2 aromatic rings. The topological polar surface area (TPSA) is 19.0 Å². The number of piperidine rings is 1. The van der Waals surface area contributed by atoms with Crippen LogP contribution in [0.15, 0.2) is 48.5 Å². The second-order valence-corrected chi connectivity index (χ2v) is 8.15. The van der Waals surface area contributed by atoms with Gasteiger partial charge in [0.1, 0.15) is 5.75 Å². The van der Waals surface area contributed by atoms with Gasteiger partial charge in [0, 0.05) is 45.3 Å². The van der Waals surface area contributed by atoms with Crippen LogP contribution < -0.4 is 9.64 Å². The fourth-order valence-corrected chi connectivity index (χ4v) is 4.72. The molecule has 28 heavy (non-hydrogen) atoms. The number of benzene rings is 2. The van der Waals surface area contributed by atoms with Crippen LogP contribution in [0.3, 0.4) is 0 Å². The number of ether oxygens (including phenoxy) is 1. The molecule has 4 heteroatoms. The van der Waals surface area contributed by atoms with Gasteiger partial charge in [0.05, 0.1) is 12.8 Å². The average molecular weight is 380 g/mol. The van der Waals surface area contributed by atoms with Crippen molar-refractivity contribution < 1.29 is 4.74 Å². The molecule has 0 bridgehead atoms. The van der Waals surface area contributed by atoms with Crippen molar-refractivity contribution in [3.63, 3.8) is 0 Å². The molecule has 4 nitrogen and oxygen atoms in total. The first-order chi connectivity index (χ1) is 13.7. The number of nitrogens with zero attached hydrogens (tertiary/aromatic N) is 3. The van der Waals surface area contributed by atoms with E-state index >= 15 is 0 Å². The van der Waals surface area contributed by atoms with Crippen molar-refractivity contribution in [2.75, 3.05) is 51.3 Å². The number of hydrogen-bond acceptors (Lipinski definition) is 4. The van der Waals surface area contributed by atoms with Crippen LogP contribution in [0, 0.1) is 6.92 Å². The Kier molecular flexibility index (Phi) is 6.18. The Labute approximate surface area is 169 Å². The van der Waals surface area contributed by atoms with E-state index in [4.69, 9.17) is 4.74 Å². The molecular weight excluding hydrogens is 346 g/mol. The number of rotatable bonds is 5. The monoisotopic (exact) mass is 379 g/mol. The van der Waals surface area contributed by atoms with E-state index in [2.05, 4.69) is 64.1 Å². The van der Waals surface area contributed by atoms with Gasteiger partial charge < -0.3 is 9.64 Å². The Morgan fingerprint density at radius 1 is 0.929 bits per heavy atom. The highest BCUT2D eigenvalue weighted by Crippen LogP contribution is 2.29. The molecule has 0 amide bonds. The van der Waals surface area contributed by atoms with Gasteiger partial charge in [-0.15, -0.1) is 0 Å². The Bertz CT molecular complexity index is 770. The Balaban J connectivity index is 1.33. The quantitative estimate of drug-likeness (QED) is 0.787. The first kappa shape index (κ1) is 19.3. The van der Waals surface area contributed by atoms with Gasteiger partial charge in [-0.3, -0.25) is 9.80 Å². The molecular formula is C24H33N3O. The maximum atomic E-state index is 5.56. The summed E-state index contributed by atoms with van der Waals surface area (Å²) in [6.45, 7) is 10.2. The largest absolute Gasteiger partial charge is 0.495 e. The zero-order valence-electron chi connectivity index (χ0n) is 17.3. The highest BCUT2D eigenvalue weighted by Gasteiger charge is 2.28. The van der Waals surface area contributed by atoms with E-state index in [-0.39, 0.29) is 0 Å². The van der Waals surface area contributed by atoms with Crippen LogP contribution in [-0.4, -0.2) is 62.2 Å². The van der Waals surface area contributed by atoms with Crippen LogP contribution in [0.2, 0.25) is 0 Å². The smallest absolute Gasteiger partial charge is 0.142 e. The van der Waals surface area contributed by atoms with Gasteiger partial charge in [-0.25, -0.2) is 0 Å². The van der Waals surface area contributed by atoms with Gasteiger partial charge in [0.25, 0.3) is 0 Å². The lowest BCUT2D eigenvalue weighted by molar-refractivity contribution is 0.0886. The summed E-state index contributed by atoms with van der Waals surface area (Å²) >= 11 is 0. The van der Waals surface area contributed by atoms with E-state index in [0.717, 1.165) is 38.5 Å². The SMILES string of the molecule is COc1ccccc1N1CCN([C@@H]2CCCN(Cc3ccccc3C)C2)CC1. The first-order valence-electron chi connectivity index (χ1n) is 10.6. The molecule has 0 unspecified atom stereocenters. The van der Waals surface area contributed by atoms with Crippen molar-refractivity contribution in [3.8, 4) is 5.75 Å². The Hall–Kier alpha value is -2.04. The zero-order chi connectivity index (χ0) is 19.3. The van der Waals surface area contributed by atoms with Crippen molar-refractivity contribution in [2.24, 2.45) is 0 Å². The summed E-state index contributed by atoms with van der Waals surface area (Å²) in [4.78, 5) is 7.85. The summed E-state index contributed by atoms with van der Waals surface area (Å²) in [5.41, 5.74) is 4.12. The van der Waals surface area contributed by atoms with Crippen molar-refractivity contribution >= 4 is 5.69 Å². The molecule has 2 fully saturated rings. The van der Waals surface area contributed by atoms with E-state index in [1.54, 1.807) is 7.11 Å². The molecule has 2 aromatic carbocycles. The Morgan fingerprint density at radius 3 is 2.46 bits per heavy atom. The molecule has 0 N–H and O–H groups in total. The van der Waals surface area contributed by atoms with E-state index in [1.807, 2.05) is 6.07 Å². The van der Waals surface area contributed by atoms with Crippen LogP contribution in [0.1, 0.15) is 24.0 Å². The van der Waals surface area contributed by atoms with E-state index < -0.39 is 0 Å². The lowest BCUT2D eigenvalue weighted by Gasteiger charge is -2.44. The highest BCUT2D eigenvalue weighted by molar-refractivity contribution is 5.58. The standard InChI is InChI=1S/C24H33N3O/c1-20-8-3-4-9-21(20)18-25-13-7-10-22(19-25)26-14-16-27(17-15-26)23-11-5-6-12-24(23)28-2/h3-6,8-9,11-12,22H,7,10,13-19H2,1-2H3/t22-/m1/s1. The summed E-state index contributed by atoms with van der Waals surface area (Å²) in [6, 6.07) is 17.9. The molecule has 4 rings (SSSR count). The maximum Gasteiger partial charge on any atom is 0.142 e. The second kappa shape index (κ2) is 8.97. The molecule has 0 aliphatic carbocycles. The number of anilines is 1. The fourth-order valence-electron chi connectivity index (χ4n) is 4.72. The van der Waals surface area contributed by atoms with Gasteiger partial charge in [-0.1, -0.05) is 36.4 Å². The molecule has 0 saturated carbocycles. The second-order valence-electron chi connectivity index (χ2n) is 8.15. The van der Waals surface area contributed by atoms with Gasteiger partial charge >= 0.3 is 0 Å². The predicted molar refractivity (Wildman–Crippen MR) is 116 cm³/mol. The normalized spacial score (nSPS) is 21.6. The van der Waals surface area contributed by atoms with Crippen molar-refractivity contribution in [1.29, 1.82) is 0 Å². The number of likely N-dealkylation sites (tertiary alicyclic amines) is 1. The lowest BCUT2D eigenvalue weighted by Crippen LogP contribution is -2.55. The summed E-state index contributed by atoms with van der Waals surface area (Å²) in [5.74, 6) is 0.984. The molecule has 2 heterocycles. The van der Waals surface area contributed by atoms with Crippen LogP contribution in [0.4, 0.5) is 5.69 Å². The molecule has 0 radical (unpaired) electrons. The number of piperazine rings is 1. The molecule has 150 valence electrons. The van der Waals surface area contributed by atoms with E-state index in [0.29, 0.717) is 6.04 Å². The molecule has 2 aliphatic rings. The van der Waals surface area contributed by atoms with Crippen LogP contribution in [0.5, 0.6) is 5.75 Å². The minimum Gasteiger partial charge on any atom is -0.495 e. The third kappa shape index (κ3) is 4.34. The van der Waals surface area contributed by atoms with Crippen molar-refractivity contribution in [2.45, 2.75) is 32.4 Å². The number of methoxy groups -OCH3 is 1. The van der Waals surface area contributed by atoms with E-state index in [9.17, 15) is 0 Å². The summed E-state index contributed by atoms with van der Waals surface area (Å²) in [7, 11) is 1.76. The van der Waals surface area contributed by atoms with Crippen molar-refractivity contribution in [1.82, 2.24) is 9.80 Å². The number of para-hydroxylation sites is 2. The predicted octanol–water partition coefficient (Wildman–Crippen LogP) is 3.79. The van der Waals surface area contributed by atoms with Crippen LogP contribution in [-0.2, 0) is 6.54 Å². The molecule has 0 aromatic heterocycles. The molecule has 0 spiro atoms. The van der Waals surface area contributed by atoms with Crippen molar-refractivity contribution in [3.05, 3.63) is 59.7 Å². The maximum absolute atomic E-state index is 5.56. The third-order valence-corrected chi connectivity index (χ3v) is 6.39. The minimum absolute atomic E-state index is 0.692. The average Bonchev–Trinajstić information content (AvgIpc) is 2.76. The van der Waals surface area contributed by atoms with Gasteiger partial charge in [-0.2, -0.15) is 0 Å². The summed E-state index contributed by atoms with van der Waals surface area (Å²) in [6.07, 6.45) is 2.64. The number of hydrogen-bond donors (Lipinski definition) is 0. The first-order valence-corrected chi connectivity index (χ1v) is 10.6. The lowest BCUT2D eigenvalue weighted by atomic mass is 10.0. The molecule has 2 aliphatic heterocycles. The summed E-state index contributed by atoms with van der Waals surface area (Å²) in [5, 5.41) is 0. The Morgan fingerprint density at radius 2 is 1.68 bits per heavy atom. The van der Waals surface area contributed by atoms with Crippen LogP contribution in [0.25, 0.3) is 0 Å². The third-order valence-electron chi connectivity index (χ3n) is 6.39. The zero-order valence-corrected chi connectivity index (χ0v) is 17.3. The van der Waals surface area contributed by atoms with Gasteiger partial charge in [0.15, 0.2) is 0 Å². The molecule has 1 atom stereocenters.